The van der Waals surface area contributed by atoms with Gasteiger partial charge in [0.1, 0.15) is 4.21 Å². The molecule has 2 aromatic rings. The number of nitrogens with one attached hydrogen (secondary N) is 1. The van der Waals surface area contributed by atoms with E-state index in [9.17, 15) is 13.2 Å². The van der Waals surface area contributed by atoms with Crippen molar-refractivity contribution in [2.24, 2.45) is 0 Å². The number of hydrogen-bond acceptors (Lipinski definition) is 4. The maximum atomic E-state index is 12.0. The summed E-state index contributed by atoms with van der Waals surface area (Å²) < 4.78 is 26.8. The summed E-state index contributed by atoms with van der Waals surface area (Å²) in [6.07, 6.45) is 0. The number of amides is 1. The highest BCUT2D eigenvalue weighted by atomic mass is 32.2. The lowest BCUT2D eigenvalue weighted by Crippen LogP contribution is -2.36. The Labute approximate surface area is 134 Å². The van der Waals surface area contributed by atoms with Gasteiger partial charge in [0.05, 0.1) is 0 Å². The molecule has 1 aromatic carbocycles. The fourth-order valence-corrected chi connectivity index (χ4v) is 4.01. The number of benzene rings is 1. The molecule has 0 aliphatic rings. The fourth-order valence-electron chi connectivity index (χ4n) is 1.95. The minimum atomic E-state index is -3.48. The fraction of sp³-hybridized carbons (Fsp3) is 0.267. The Bertz CT molecular complexity index is 698. The molecule has 118 valence electrons. The van der Waals surface area contributed by atoms with Gasteiger partial charge in [-0.15, -0.1) is 11.3 Å². The molecule has 0 fully saturated rings. The minimum Gasteiger partial charge on any atom is -0.337 e. The predicted molar refractivity (Wildman–Crippen MR) is 87.0 cm³/mol. The third-order valence-electron chi connectivity index (χ3n) is 3.10. The van der Waals surface area contributed by atoms with Gasteiger partial charge < -0.3 is 4.90 Å². The zero-order chi connectivity index (χ0) is 16.0. The number of nitrogens with zero attached hydrogens (tertiary/aromatic N) is 1. The quantitative estimate of drug-likeness (QED) is 0.840. The van der Waals surface area contributed by atoms with E-state index in [4.69, 9.17) is 0 Å². The smallest absolute Gasteiger partial charge is 0.250 e. The second kappa shape index (κ2) is 7.53. The summed E-state index contributed by atoms with van der Waals surface area (Å²) in [6, 6.07) is 12.9. The van der Waals surface area contributed by atoms with Crippen molar-refractivity contribution in [2.45, 2.75) is 17.7 Å². The van der Waals surface area contributed by atoms with E-state index in [2.05, 4.69) is 4.72 Å². The van der Waals surface area contributed by atoms with Crippen LogP contribution in [0.1, 0.15) is 12.5 Å². The van der Waals surface area contributed by atoms with E-state index in [1.807, 2.05) is 30.3 Å². The summed E-state index contributed by atoms with van der Waals surface area (Å²) in [5, 5.41) is 1.71. The van der Waals surface area contributed by atoms with Gasteiger partial charge in [0.15, 0.2) is 0 Å². The van der Waals surface area contributed by atoms with Crippen molar-refractivity contribution in [1.82, 2.24) is 9.62 Å². The maximum absolute atomic E-state index is 12.0. The molecule has 0 aliphatic carbocycles. The van der Waals surface area contributed by atoms with Gasteiger partial charge in [-0.25, -0.2) is 13.1 Å². The number of carbonyl (C=O) groups excluding carboxylic acids is 1. The molecular formula is C15H18N2O3S2. The van der Waals surface area contributed by atoms with Gasteiger partial charge in [-0.1, -0.05) is 36.4 Å². The molecule has 0 spiro atoms. The third kappa shape index (κ3) is 4.66. The van der Waals surface area contributed by atoms with E-state index in [0.29, 0.717) is 13.1 Å². The Morgan fingerprint density at radius 3 is 2.50 bits per heavy atom. The second-order valence-corrected chi connectivity index (χ2v) is 7.70. The highest BCUT2D eigenvalue weighted by Crippen LogP contribution is 2.15. The Balaban J connectivity index is 1.91. The molecule has 5 nitrogen and oxygen atoms in total. The molecule has 1 amide bonds. The van der Waals surface area contributed by atoms with Gasteiger partial charge in [-0.05, 0) is 17.0 Å². The normalized spacial score (nSPS) is 11.3. The standard InChI is InChI=1S/C15H18N2O3S2/c1-13(18)17(12-14-6-3-2-4-7-14)10-9-16-22(19,20)15-8-5-11-21-15/h2-8,11,16H,9-10,12H2,1H3. The van der Waals surface area contributed by atoms with Crippen LogP contribution in [0.5, 0.6) is 0 Å². The number of sulfonamides is 1. The van der Waals surface area contributed by atoms with Crippen molar-refractivity contribution in [3.8, 4) is 0 Å². The van der Waals surface area contributed by atoms with Crippen molar-refractivity contribution < 1.29 is 13.2 Å². The lowest BCUT2D eigenvalue weighted by Gasteiger charge is -2.21. The molecule has 1 heterocycles. The minimum absolute atomic E-state index is 0.0841. The molecule has 0 saturated heterocycles. The number of carbonyl (C=O) groups is 1. The van der Waals surface area contributed by atoms with Crippen LogP contribution in [0, 0.1) is 0 Å². The molecule has 7 heteroatoms. The molecule has 0 saturated carbocycles. The Morgan fingerprint density at radius 1 is 1.18 bits per heavy atom. The Morgan fingerprint density at radius 2 is 1.91 bits per heavy atom. The van der Waals surface area contributed by atoms with Crippen molar-refractivity contribution in [2.75, 3.05) is 13.1 Å². The molecule has 1 aromatic heterocycles. The van der Waals surface area contributed by atoms with E-state index >= 15 is 0 Å². The number of rotatable bonds is 7. The molecule has 0 unspecified atom stereocenters. The highest BCUT2D eigenvalue weighted by molar-refractivity contribution is 7.91. The van der Waals surface area contributed by atoms with E-state index in [-0.39, 0.29) is 16.7 Å². The molecule has 0 bridgehead atoms. The second-order valence-electron chi connectivity index (χ2n) is 4.76. The van der Waals surface area contributed by atoms with Crippen LogP contribution < -0.4 is 4.72 Å². The first-order valence-corrected chi connectivity index (χ1v) is 9.18. The maximum Gasteiger partial charge on any atom is 0.250 e. The van der Waals surface area contributed by atoms with Crippen LogP contribution >= 0.6 is 11.3 Å². The van der Waals surface area contributed by atoms with Crippen LogP contribution in [0.2, 0.25) is 0 Å². The van der Waals surface area contributed by atoms with E-state index in [1.165, 1.54) is 18.3 Å². The Hall–Kier alpha value is -1.70. The summed E-state index contributed by atoms with van der Waals surface area (Å²) in [6.45, 7) is 2.47. The van der Waals surface area contributed by atoms with Crippen LogP contribution in [0.15, 0.2) is 52.1 Å². The van der Waals surface area contributed by atoms with E-state index in [0.717, 1.165) is 5.56 Å². The summed E-state index contributed by atoms with van der Waals surface area (Å²) in [4.78, 5) is 13.3. The first-order chi connectivity index (χ1) is 10.5. The van der Waals surface area contributed by atoms with Gasteiger partial charge in [-0.3, -0.25) is 4.79 Å². The number of hydrogen-bond donors (Lipinski definition) is 1. The zero-order valence-corrected chi connectivity index (χ0v) is 13.9. The first kappa shape index (κ1) is 16.7. The van der Waals surface area contributed by atoms with Crippen LogP contribution in [0.4, 0.5) is 0 Å². The molecule has 22 heavy (non-hydrogen) atoms. The zero-order valence-electron chi connectivity index (χ0n) is 12.2. The van der Waals surface area contributed by atoms with Crippen LogP contribution in [0.25, 0.3) is 0 Å². The van der Waals surface area contributed by atoms with Crippen LogP contribution in [0.3, 0.4) is 0 Å². The van der Waals surface area contributed by atoms with Crippen molar-refractivity contribution in [1.29, 1.82) is 0 Å². The molecule has 2 rings (SSSR count). The molecule has 0 aliphatic heterocycles. The Kier molecular flexibility index (Phi) is 5.70. The lowest BCUT2D eigenvalue weighted by atomic mass is 10.2. The lowest BCUT2D eigenvalue weighted by molar-refractivity contribution is -0.129. The van der Waals surface area contributed by atoms with Gasteiger partial charge in [0, 0.05) is 26.6 Å². The monoisotopic (exact) mass is 338 g/mol. The molecular weight excluding hydrogens is 320 g/mol. The molecule has 1 N–H and O–H groups in total. The van der Waals surface area contributed by atoms with Gasteiger partial charge in [-0.2, -0.15) is 0 Å². The SMILES string of the molecule is CC(=O)N(CCNS(=O)(=O)c1cccs1)Cc1ccccc1. The van der Waals surface area contributed by atoms with Crippen LogP contribution in [-0.4, -0.2) is 32.3 Å². The average molecular weight is 338 g/mol. The largest absolute Gasteiger partial charge is 0.337 e. The van der Waals surface area contributed by atoms with Crippen molar-refractivity contribution in [3.63, 3.8) is 0 Å². The predicted octanol–water partition coefficient (Wildman–Crippen LogP) is 2.08. The summed E-state index contributed by atoms with van der Waals surface area (Å²) in [7, 11) is -3.48. The first-order valence-electron chi connectivity index (χ1n) is 6.81. The van der Waals surface area contributed by atoms with E-state index in [1.54, 1.807) is 22.4 Å². The topological polar surface area (TPSA) is 66.5 Å². The average Bonchev–Trinajstić information content (AvgIpc) is 3.02. The summed E-state index contributed by atoms with van der Waals surface area (Å²) >= 11 is 1.17. The third-order valence-corrected chi connectivity index (χ3v) is 5.95. The van der Waals surface area contributed by atoms with E-state index < -0.39 is 10.0 Å². The number of thiophene rings is 1. The van der Waals surface area contributed by atoms with Gasteiger partial charge >= 0.3 is 0 Å². The van der Waals surface area contributed by atoms with Gasteiger partial charge in [0.25, 0.3) is 0 Å². The molecule has 0 radical (unpaired) electrons. The van der Waals surface area contributed by atoms with Crippen molar-refractivity contribution in [3.05, 3.63) is 53.4 Å². The highest BCUT2D eigenvalue weighted by Gasteiger charge is 2.16. The summed E-state index contributed by atoms with van der Waals surface area (Å²) in [5.74, 6) is -0.0841. The molecule has 0 atom stereocenters. The van der Waals surface area contributed by atoms with Crippen molar-refractivity contribution >= 4 is 27.3 Å². The summed E-state index contributed by atoms with van der Waals surface area (Å²) in [5.41, 5.74) is 1.01. The van der Waals surface area contributed by atoms with Gasteiger partial charge in [0.2, 0.25) is 15.9 Å². The van der Waals surface area contributed by atoms with Crippen LogP contribution in [-0.2, 0) is 21.4 Å².